The van der Waals surface area contributed by atoms with E-state index in [2.05, 4.69) is 4.99 Å². The Morgan fingerprint density at radius 2 is 2.18 bits per heavy atom. The van der Waals surface area contributed by atoms with E-state index in [9.17, 15) is 18.9 Å². The van der Waals surface area contributed by atoms with Crippen LogP contribution in [0, 0.1) is 28.7 Å². The molecule has 0 atom stereocenters. The molecular formula is C9H8ClF2N3O2. The van der Waals surface area contributed by atoms with Crippen LogP contribution < -0.4 is 5.73 Å². The lowest BCUT2D eigenvalue weighted by Gasteiger charge is -2.04. The predicted octanol–water partition coefficient (Wildman–Crippen LogP) is 2.41. The van der Waals surface area contributed by atoms with Crippen molar-refractivity contribution < 1.29 is 13.7 Å². The number of nitro groups is 1. The fourth-order valence-electron chi connectivity index (χ4n) is 1.14. The largest absolute Gasteiger partial charge is 0.386 e. The number of rotatable bonds is 3. The van der Waals surface area contributed by atoms with Crippen LogP contribution in [0.15, 0.2) is 11.1 Å². The molecule has 0 aliphatic carbocycles. The summed E-state index contributed by atoms with van der Waals surface area (Å²) in [6, 6.07) is 0.678. The molecule has 17 heavy (non-hydrogen) atoms. The molecule has 5 nitrogen and oxygen atoms in total. The number of aliphatic imine (C=N–C) groups is 1. The van der Waals surface area contributed by atoms with Crippen molar-refractivity contribution in [3.05, 3.63) is 33.4 Å². The molecule has 0 aromatic heterocycles. The van der Waals surface area contributed by atoms with Crippen molar-refractivity contribution in [2.75, 3.05) is 5.88 Å². The van der Waals surface area contributed by atoms with Gasteiger partial charge in [0.25, 0.3) is 0 Å². The molecule has 1 rings (SSSR count). The van der Waals surface area contributed by atoms with Crippen LogP contribution in [0.4, 0.5) is 20.2 Å². The standard InChI is InChI=1S/C9H8ClF2N3O2/c1-4-8(11)5(14-7(13)3-10)2-6(9(4)12)15(16)17/h2H,3H2,1H3,(H2,13,14). The Kier molecular flexibility index (Phi) is 3.95. The summed E-state index contributed by atoms with van der Waals surface area (Å²) in [6.07, 6.45) is 0. The van der Waals surface area contributed by atoms with Gasteiger partial charge in [-0.15, -0.1) is 11.6 Å². The Hall–Kier alpha value is -1.76. The number of nitro benzene ring substituents is 1. The zero-order valence-electron chi connectivity index (χ0n) is 8.71. The molecule has 92 valence electrons. The van der Waals surface area contributed by atoms with Gasteiger partial charge < -0.3 is 5.73 Å². The SMILES string of the molecule is Cc1c(F)c(N=C(N)CCl)cc([N+](=O)[O-])c1F. The maximum atomic E-state index is 13.5. The van der Waals surface area contributed by atoms with Gasteiger partial charge in [-0.05, 0) is 6.92 Å². The van der Waals surface area contributed by atoms with E-state index in [0.29, 0.717) is 6.07 Å². The molecule has 2 N–H and O–H groups in total. The molecule has 8 heteroatoms. The molecule has 0 unspecified atom stereocenters. The lowest BCUT2D eigenvalue weighted by atomic mass is 10.1. The molecule has 0 spiro atoms. The van der Waals surface area contributed by atoms with E-state index in [4.69, 9.17) is 17.3 Å². The van der Waals surface area contributed by atoms with Gasteiger partial charge in [0.2, 0.25) is 5.82 Å². The molecule has 0 aliphatic heterocycles. The van der Waals surface area contributed by atoms with E-state index in [1.165, 1.54) is 0 Å². The summed E-state index contributed by atoms with van der Waals surface area (Å²) in [5.41, 5.74) is 3.53. The third-order valence-electron chi connectivity index (χ3n) is 1.98. The number of hydrogen-bond donors (Lipinski definition) is 1. The van der Waals surface area contributed by atoms with Crippen molar-refractivity contribution in [1.29, 1.82) is 0 Å². The topological polar surface area (TPSA) is 81.5 Å². The van der Waals surface area contributed by atoms with Crippen LogP contribution in [0.5, 0.6) is 0 Å². The highest BCUT2D eigenvalue weighted by molar-refractivity contribution is 6.28. The van der Waals surface area contributed by atoms with Crippen LogP contribution in [0.25, 0.3) is 0 Å². The van der Waals surface area contributed by atoms with E-state index in [1.54, 1.807) is 0 Å². The monoisotopic (exact) mass is 263 g/mol. The van der Waals surface area contributed by atoms with Crippen molar-refractivity contribution in [1.82, 2.24) is 0 Å². The van der Waals surface area contributed by atoms with E-state index in [-0.39, 0.29) is 11.7 Å². The van der Waals surface area contributed by atoms with Crippen molar-refractivity contribution in [2.24, 2.45) is 10.7 Å². The zero-order chi connectivity index (χ0) is 13.2. The highest BCUT2D eigenvalue weighted by Crippen LogP contribution is 2.30. The van der Waals surface area contributed by atoms with E-state index < -0.39 is 33.5 Å². The van der Waals surface area contributed by atoms with Gasteiger partial charge in [0.05, 0.1) is 10.8 Å². The Morgan fingerprint density at radius 1 is 1.59 bits per heavy atom. The van der Waals surface area contributed by atoms with Crippen LogP contribution in [-0.2, 0) is 0 Å². The number of halogens is 3. The van der Waals surface area contributed by atoms with Gasteiger partial charge in [-0.2, -0.15) is 4.39 Å². The second-order valence-corrected chi connectivity index (χ2v) is 3.43. The third kappa shape index (κ3) is 2.68. The first-order valence-electron chi connectivity index (χ1n) is 4.40. The number of hydrogen-bond acceptors (Lipinski definition) is 3. The number of benzene rings is 1. The average Bonchev–Trinajstić information content (AvgIpc) is 2.29. The fraction of sp³-hybridized carbons (Fsp3) is 0.222. The minimum atomic E-state index is -1.23. The lowest BCUT2D eigenvalue weighted by molar-refractivity contribution is -0.387. The van der Waals surface area contributed by atoms with Crippen molar-refractivity contribution in [2.45, 2.75) is 6.92 Å². The van der Waals surface area contributed by atoms with Crippen LogP contribution in [0.3, 0.4) is 0 Å². The van der Waals surface area contributed by atoms with Crippen LogP contribution >= 0.6 is 11.6 Å². The van der Waals surface area contributed by atoms with Gasteiger partial charge in [0.15, 0.2) is 5.82 Å². The summed E-state index contributed by atoms with van der Waals surface area (Å²) < 4.78 is 26.9. The van der Waals surface area contributed by atoms with Gasteiger partial charge in [0, 0.05) is 11.6 Å². The van der Waals surface area contributed by atoms with Gasteiger partial charge in [-0.1, -0.05) is 0 Å². The van der Waals surface area contributed by atoms with Crippen LogP contribution in [0.2, 0.25) is 0 Å². The summed E-state index contributed by atoms with van der Waals surface area (Å²) in [5.74, 6) is -2.51. The Labute approximate surface area is 100 Å². The lowest BCUT2D eigenvalue weighted by Crippen LogP contribution is -2.12. The summed E-state index contributed by atoms with van der Waals surface area (Å²) >= 11 is 5.34. The highest BCUT2D eigenvalue weighted by atomic mass is 35.5. The molecule has 0 radical (unpaired) electrons. The Balaban J connectivity index is 3.47. The second-order valence-electron chi connectivity index (χ2n) is 3.16. The smallest absolute Gasteiger partial charge is 0.307 e. The summed E-state index contributed by atoms with van der Waals surface area (Å²) in [7, 11) is 0. The molecule has 0 aliphatic rings. The molecule has 0 saturated carbocycles. The quantitative estimate of drug-likeness (QED) is 0.299. The Morgan fingerprint density at radius 3 is 2.65 bits per heavy atom. The fourth-order valence-corrected chi connectivity index (χ4v) is 1.20. The number of nitrogens with zero attached hydrogens (tertiary/aromatic N) is 2. The summed E-state index contributed by atoms with van der Waals surface area (Å²) in [5, 5.41) is 10.5. The van der Waals surface area contributed by atoms with E-state index >= 15 is 0 Å². The first kappa shape index (κ1) is 13.3. The maximum Gasteiger partial charge on any atom is 0.307 e. The van der Waals surface area contributed by atoms with Crippen molar-refractivity contribution in [3.63, 3.8) is 0 Å². The number of nitrogens with two attached hydrogens (primary N) is 1. The first-order valence-corrected chi connectivity index (χ1v) is 4.94. The molecule has 0 fully saturated rings. The number of amidine groups is 1. The first-order chi connectivity index (χ1) is 7.88. The molecule has 0 heterocycles. The molecule has 0 saturated heterocycles. The summed E-state index contributed by atoms with van der Waals surface area (Å²) in [6.45, 7) is 1.08. The van der Waals surface area contributed by atoms with Gasteiger partial charge in [0.1, 0.15) is 11.5 Å². The van der Waals surface area contributed by atoms with Crippen molar-refractivity contribution in [3.8, 4) is 0 Å². The Bertz CT molecular complexity index is 506. The number of alkyl halides is 1. The maximum absolute atomic E-state index is 13.5. The van der Waals surface area contributed by atoms with E-state index in [1.807, 2.05) is 0 Å². The molecular weight excluding hydrogens is 256 g/mol. The van der Waals surface area contributed by atoms with Gasteiger partial charge in [-0.25, -0.2) is 9.38 Å². The van der Waals surface area contributed by atoms with E-state index in [0.717, 1.165) is 6.92 Å². The minimum absolute atomic E-state index is 0.120. The predicted molar refractivity (Wildman–Crippen MR) is 59.8 cm³/mol. The zero-order valence-corrected chi connectivity index (χ0v) is 9.46. The second kappa shape index (κ2) is 5.05. The van der Waals surface area contributed by atoms with Crippen LogP contribution in [-0.4, -0.2) is 16.6 Å². The average molecular weight is 264 g/mol. The normalized spacial score (nSPS) is 11.6. The molecule has 0 amide bonds. The van der Waals surface area contributed by atoms with Crippen LogP contribution in [0.1, 0.15) is 5.56 Å². The van der Waals surface area contributed by atoms with Crippen molar-refractivity contribution >= 4 is 28.8 Å². The highest BCUT2D eigenvalue weighted by Gasteiger charge is 2.22. The molecule has 1 aromatic carbocycles. The van der Waals surface area contributed by atoms with Gasteiger partial charge >= 0.3 is 5.69 Å². The third-order valence-corrected chi connectivity index (χ3v) is 2.25. The van der Waals surface area contributed by atoms with Gasteiger partial charge in [-0.3, -0.25) is 10.1 Å². The summed E-state index contributed by atoms with van der Waals surface area (Å²) in [4.78, 5) is 13.1. The molecule has 0 bridgehead atoms. The molecule has 1 aromatic rings. The minimum Gasteiger partial charge on any atom is -0.386 e.